The largest absolute Gasteiger partial charge is 0.293 e. The number of hydrogen-bond donors (Lipinski definition) is 0. The summed E-state index contributed by atoms with van der Waals surface area (Å²) >= 11 is 1.40. The molecule has 0 N–H and O–H groups in total. The van der Waals surface area contributed by atoms with Gasteiger partial charge in [0.25, 0.3) is 0 Å². The van der Waals surface area contributed by atoms with E-state index >= 15 is 0 Å². The van der Waals surface area contributed by atoms with E-state index in [0.717, 1.165) is 5.56 Å². The number of rotatable bonds is 2. The fourth-order valence-electron chi connectivity index (χ4n) is 2.24. The van der Waals surface area contributed by atoms with Crippen molar-refractivity contribution in [1.82, 2.24) is 0 Å². The highest BCUT2D eigenvalue weighted by molar-refractivity contribution is 7.12. The molecule has 0 saturated carbocycles. The summed E-state index contributed by atoms with van der Waals surface area (Å²) in [5, 5.41) is 1.86. The highest BCUT2D eigenvalue weighted by Crippen LogP contribution is 2.29. The van der Waals surface area contributed by atoms with Crippen LogP contribution in [0.5, 0.6) is 0 Å². The predicted octanol–water partition coefficient (Wildman–Crippen LogP) is 2.99. The van der Waals surface area contributed by atoms with Crippen LogP contribution in [0.1, 0.15) is 25.6 Å². The van der Waals surface area contributed by atoms with E-state index in [9.17, 15) is 9.59 Å². The summed E-state index contributed by atoms with van der Waals surface area (Å²) in [6.07, 6.45) is 0.547. The third-order valence-electron chi connectivity index (χ3n) is 3.10. The molecule has 17 heavy (non-hydrogen) atoms. The van der Waals surface area contributed by atoms with Crippen LogP contribution in [0.25, 0.3) is 0 Å². The van der Waals surface area contributed by atoms with E-state index in [-0.39, 0.29) is 11.6 Å². The minimum absolute atomic E-state index is 0.0287. The maximum Gasteiger partial charge on any atom is 0.183 e. The second-order valence-electron chi connectivity index (χ2n) is 4.12. The third kappa shape index (κ3) is 1.63. The topological polar surface area (TPSA) is 34.1 Å². The van der Waals surface area contributed by atoms with Crippen molar-refractivity contribution >= 4 is 22.9 Å². The first kappa shape index (κ1) is 10.4. The number of carbonyl (C=O) groups excluding carboxylic acids is 2. The van der Waals surface area contributed by atoms with E-state index in [2.05, 4.69) is 0 Å². The fraction of sp³-hybridized carbons (Fsp3) is 0.143. The molecule has 1 aliphatic carbocycles. The van der Waals surface area contributed by atoms with Crippen LogP contribution in [0.3, 0.4) is 0 Å². The van der Waals surface area contributed by atoms with Crippen LogP contribution in [0.2, 0.25) is 0 Å². The molecule has 1 aliphatic rings. The molecule has 1 aromatic carbocycles. The number of ketones is 2. The third-order valence-corrected chi connectivity index (χ3v) is 3.99. The molecule has 0 fully saturated rings. The summed E-state index contributed by atoms with van der Waals surface area (Å²) in [7, 11) is 0. The molecular formula is C14H10O2S. The molecule has 0 aliphatic heterocycles. The van der Waals surface area contributed by atoms with Gasteiger partial charge in [-0.2, -0.15) is 0 Å². The standard InChI is InChI=1S/C14H10O2S/c15-13-10-5-2-1-4-9(10)8-11(13)14(16)12-6-3-7-17-12/h1-7,11H,8H2. The summed E-state index contributed by atoms with van der Waals surface area (Å²) in [4.78, 5) is 25.0. The molecule has 1 atom stereocenters. The molecule has 0 amide bonds. The number of benzene rings is 1. The van der Waals surface area contributed by atoms with E-state index in [1.54, 1.807) is 12.1 Å². The second-order valence-corrected chi connectivity index (χ2v) is 5.07. The van der Waals surface area contributed by atoms with Crippen LogP contribution in [-0.4, -0.2) is 11.6 Å². The Labute approximate surface area is 103 Å². The summed E-state index contributed by atoms with van der Waals surface area (Å²) in [5.74, 6) is -0.578. The lowest BCUT2D eigenvalue weighted by atomic mass is 9.99. The van der Waals surface area contributed by atoms with Gasteiger partial charge in [-0.15, -0.1) is 11.3 Å². The van der Waals surface area contributed by atoms with Gasteiger partial charge in [0.05, 0.1) is 10.8 Å². The molecule has 0 radical (unpaired) electrons. The number of Topliss-reactive ketones (excluding diaryl/α,β-unsaturated/α-hetero) is 2. The number of thiophene rings is 1. The molecule has 3 rings (SSSR count). The monoisotopic (exact) mass is 242 g/mol. The smallest absolute Gasteiger partial charge is 0.183 e. The Bertz CT molecular complexity index is 576. The number of fused-ring (bicyclic) bond motifs is 1. The van der Waals surface area contributed by atoms with Gasteiger partial charge in [-0.3, -0.25) is 9.59 Å². The Morgan fingerprint density at radius 2 is 2.00 bits per heavy atom. The van der Waals surface area contributed by atoms with Gasteiger partial charge in [0.15, 0.2) is 11.6 Å². The molecule has 84 valence electrons. The molecule has 3 heteroatoms. The Morgan fingerprint density at radius 3 is 2.71 bits per heavy atom. The van der Waals surface area contributed by atoms with E-state index in [1.807, 2.05) is 29.6 Å². The van der Waals surface area contributed by atoms with Crippen LogP contribution < -0.4 is 0 Å². The Morgan fingerprint density at radius 1 is 1.18 bits per heavy atom. The maximum atomic E-state index is 12.2. The number of carbonyl (C=O) groups is 2. The molecule has 0 spiro atoms. The van der Waals surface area contributed by atoms with Crippen molar-refractivity contribution in [3.05, 3.63) is 57.8 Å². The maximum absolute atomic E-state index is 12.2. The van der Waals surface area contributed by atoms with Crippen LogP contribution in [0, 0.1) is 5.92 Å². The fourth-order valence-corrected chi connectivity index (χ4v) is 2.96. The Kier molecular flexibility index (Phi) is 2.41. The first-order valence-electron chi connectivity index (χ1n) is 5.47. The average Bonchev–Trinajstić information content (AvgIpc) is 2.97. The molecule has 2 aromatic rings. The van der Waals surface area contributed by atoms with Crippen LogP contribution in [-0.2, 0) is 6.42 Å². The highest BCUT2D eigenvalue weighted by Gasteiger charge is 2.36. The quantitative estimate of drug-likeness (QED) is 0.599. The molecule has 1 unspecified atom stereocenters. The van der Waals surface area contributed by atoms with Crippen molar-refractivity contribution in [2.24, 2.45) is 5.92 Å². The van der Waals surface area contributed by atoms with Gasteiger partial charge in [0.1, 0.15) is 0 Å². The van der Waals surface area contributed by atoms with Gasteiger partial charge in [-0.05, 0) is 23.4 Å². The normalized spacial score (nSPS) is 18.1. The minimum Gasteiger partial charge on any atom is -0.293 e. The first-order valence-corrected chi connectivity index (χ1v) is 6.35. The molecule has 2 nitrogen and oxygen atoms in total. The predicted molar refractivity (Wildman–Crippen MR) is 66.6 cm³/mol. The van der Waals surface area contributed by atoms with Crippen molar-refractivity contribution in [3.63, 3.8) is 0 Å². The molecule has 0 saturated heterocycles. The van der Waals surface area contributed by atoms with Gasteiger partial charge in [-0.1, -0.05) is 30.3 Å². The van der Waals surface area contributed by atoms with Crippen LogP contribution in [0.15, 0.2) is 41.8 Å². The average molecular weight is 242 g/mol. The first-order chi connectivity index (χ1) is 8.27. The zero-order chi connectivity index (χ0) is 11.8. The molecule has 0 bridgehead atoms. The summed E-state index contributed by atoms with van der Waals surface area (Å²) in [5.41, 5.74) is 1.70. The van der Waals surface area contributed by atoms with E-state index < -0.39 is 5.92 Å². The SMILES string of the molecule is O=C(c1cccs1)C1Cc2ccccc2C1=O. The summed E-state index contributed by atoms with van der Waals surface area (Å²) in [6, 6.07) is 11.1. The van der Waals surface area contributed by atoms with Crippen molar-refractivity contribution in [3.8, 4) is 0 Å². The Hall–Kier alpha value is -1.74. The molecular weight excluding hydrogens is 232 g/mol. The van der Waals surface area contributed by atoms with E-state index in [1.165, 1.54) is 11.3 Å². The lowest BCUT2D eigenvalue weighted by molar-refractivity contribution is 0.0825. The lowest BCUT2D eigenvalue weighted by Gasteiger charge is -2.03. The zero-order valence-electron chi connectivity index (χ0n) is 9.05. The van der Waals surface area contributed by atoms with Crippen LogP contribution >= 0.6 is 11.3 Å². The van der Waals surface area contributed by atoms with Gasteiger partial charge < -0.3 is 0 Å². The van der Waals surface area contributed by atoms with Crippen molar-refractivity contribution in [2.75, 3.05) is 0 Å². The minimum atomic E-state index is -0.508. The summed E-state index contributed by atoms with van der Waals surface area (Å²) < 4.78 is 0. The van der Waals surface area contributed by atoms with Gasteiger partial charge in [-0.25, -0.2) is 0 Å². The number of hydrogen-bond acceptors (Lipinski definition) is 3. The molecule has 1 heterocycles. The summed E-state index contributed by atoms with van der Waals surface area (Å²) in [6.45, 7) is 0. The van der Waals surface area contributed by atoms with Gasteiger partial charge >= 0.3 is 0 Å². The van der Waals surface area contributed by atoms with Crippen molar-refractivity contribution in [2.45, 2.75) is 6.42 Å². The zero-order valence-corrected chi connectivity index (χ0v) is 9.87. The van der Waals surface area contributed by atoms with Crippen molar-refractivity contribution < 1.29 is 9.59 Å². The lowest BCUT2D eigenvalue weighted by Crippen LogP contribution is -2.19. The van der Waals surface area contributed by atoms with Gasteiger partial charge in [0.2, 0.25) is 0 Å². The van der Waals surface area contributed by atoms with Crippen LogP contribution in [0.4, 0.5) is 0 Å². The van der Waals surface area contributed by atoms with Crippen molar-refractivity contribution in [1.29, 1.82) is 0 Å². The Balaban J connectivity index is 1.95. The molecule has 1 aromatic heterocycles. The van der Waals surface area contributed by atoms with Gasteiger partial charge in [0, 0.05) is 5.56 Å². The second kappa shape index (κ2) is 3.93. The van der Waals surface area contributed by atoms with E-state index in [4.69, 9.17) is 0 Å². The highest BCUT2D eigenvalue weighted by atomic mass is 32.1. The van der Waals surface area contributed by atoms with E-state index in [0.29, 0.717) is 16.9 Å².